The number of rotatable bonds is 9. The summed E-state index contributed by atoms with van der Waals surface area (Å²) in [7, 11) is -4.20. The van der Waals surface area contributed by atoms with E-state index in [4.69, 9.17) is 4.55 Å². The van der Waals surface area contributed by atoms with Gasteiger partial charge >= 0.3 is 51.4 Å². The van der Waals surface area contributed by atoms with E-state index in [2.05, 4.69) is 30.6 Å². The molecule has 0 aromatic carbocycles. The molecule has 0 saturated carbocycles. The number of thiol groups is 2. The third kappa shape index (κ3) is 13.1. The van der Waals surface area contributed by atoms with Crippen molar-refractivity contribution in [1.29, 1.82) is 0 Å². The monoisotopic (exact) mass is 355 g/mol. The Kier molecular flexibility index (Phi) is 14.9. The molecular formula is C10H22KNO4S3. The number of amides is 1. The molecule has 2 atom stereocenters. The minimum absolute atomic E-state index is 0. The van der Waals surface area contributed by atoms with Crippen molar-refractivity contribution in [3.63, 3.8) is 0 Å². The van der Waals surface area contributed by atoms with Crippen molar-refractivity contribution in [2.45, 2.75) is 49.7 Å². The summed E-state index contributed by atoms with van der Waals surface area (Å²) in [4.78, 5) is 11.4. The normalized spacial score (nSPS) is 14.3. The molecule has 110 valence electrons. The molecule has 0 aromatic heterocycles. The van der Waals surface area contributed by atoms with E-state index < -0.39 is 15.5 Å². The van der Waals surface area contributed by atoms with Crippen LogP contribution in [-0.2, 0) is 14.9 Å². The summed E-state index contributed by atoms with van der Waals surface area (Å²) < 4.78 is 30.0. The Morgan fingerprint density at radius 3 is 2.42 bits per heavy atom. The van der Waals surface area contributed by atoms with Crippen LogP contribution in [0.2, 0.25) is 0 Å². The van der Waals surface area contributed by atoms with Gasteiger partial charge in [-0.15, -0.1) is 0 Å². The first-order chi connectivity index (χ1) is 8.27. The van der Waals surface area contributed by atoms with E-state index in [0.29, 0.717) is 11.7 Å². The molecule has 0 radical (unpaired) electrons. The second-order valence-corrected chi connectivity index (χ2v) is 7.05. The molecular weight excluding hydrogens is 333 g/mol. The molecule has 0 bridgehead atoms. The van der Waals surface area contributed by atoms with Crippen LogP contribution in [-0.4, -0.2) is 35.3 Å². The molecule has 0 rings (SSSR count). The predicted octanol–water partition coefficient (Wildman–Crippen LogP) is -1.37. The Morgan fingerprint density at radius 1 is 1.37 bits per heavy atom. The van der Waals surface area contributed by atoms with E-state index in [9.17, 15) is 13.2 Å². The van der Waals surface area contributed by atoms with Crippen molar-refractivity contribution in [3.05, 3.63) is 0 Å². The van der Waals surface area contributed by atoms with Gasteiger partial charge in [0.1, 0.15) is 0 Å². The second kappa shape index (κ2) is 12.3. The van der Waals surface area contributed by atoms with Crippen molar-refractivity contribution in [3.8, 4) is 0 Å². The van der Waals surface area contributed by atoms with Crippen molar-refractivity contribution in [2.75, 3.05) is 5.75 Å². The first-order valence-electron chi connectivity index (χ1n) is 5.82. The fraction of sp³-hybridized carbons (Fsp3) is 0.900. The van der Waals surface area contributed by atoms with Gasteiger partial charge in [0.25, 0.3) is 10.1 Å². The quantitative estimate of drug-likeness (QED) is 0.178. The minimum atomic E-state index is -4.20. The van der Waals surface area contributed by atoms with Gasteiger partial charge in [-0.05, 0) is 31.9 Å². The second-order valence-electron chi connectivity index (χ2n) is 4.14. The molecule has 1 amide bonds. The molecule has 5 nitrogen and oxygen atoms in total. The molecule has 0 aliphatic rings. The van der Waals surface area contributed by atoms with Crippen LogP contribution in [0.15, 0.2) is 0 Å². The van der Waals surface area contributed by atoms with Crippen molar-refractivity contribution < 1.29 is 70.6 Å². The zero-order valence-electron chi connectivity index (χ0n) is 12.4. The third-order valence-corrected chi connectivity index (χ3v) is 4.25. The van der Waals surface area contributed by atoms with Crippen LogP contribution in [0.25, 0.3) is 0 Å². The van der Waals surface area contributed by atoms with Gasteiger partial charge in [-0.1, -0.05) is 6.42 Å². The van der Waals surface area contributed by atoms with Crippen LogP contribution >= 0.6 is 25.3 Å². The smallest absolute Gasteiger partial charge is 1.00 e. The zero-order chi connectivity index (χ0) is 14.2. The van der Waals surface area contributed by atoms with Gasteiger partial charge in [-0.2, -0.15) is 33.7 Å². The fourth-order valence-electron chi connectivity index (χ4n) is 1.33. The van der Waals surface area contributed by atoms with Gasteiger partial charge in [0.05, 0.1) is 0 Å². The van der Waals surface area contributed by atoms with Gasteiger partial charge < -0.3 is 6.74 Å². The standard InChI is InChI=1S/C10H21NO4S3.K.H/c1-8(18(13,14)15)11-10(12)5-3-2-4-9(17)6-7-16;;/h8-9,16-17H,2-7H2,1H3,(H,11,12)(H,13,14,15);;/q;+1;-1. The van der Waals surface area contributed by atoms with E-state index in [0.717, 1.165) is 25.0 Å². The van der Waals surface area contributed by atoms with Crippen LogP contribution < -0.4 is 56.7 Å². The van der Waals surface area contributed by atoms with Gasteiger partial charge in [-0.3, -0.25) is 9.35 Å². The summed E-state index contributed by atoms with van der Waals surface area (Å²) in [6.07, 6.45) is 3.62. The molecule has 0 aliphatic carbocycles. The van der Waals surface area contributed by atoms with Crippen molar-refractivity contribution in [1.82, 2.24) is 5.32 Å². The van der Waals surface area contributed by atoms with Crippen molar-refractivity contribution >= 4 is 41.3 Å². The third-order valence-electron chi connectivity index (χ3n) is 2.46. The largest absolute Gasteiger partial charge is 1.00 e. The first-order valence-corrected chi connectivity index (χ1v) is 8.47. The number of hydrogen-bond acceptors (Lipinski definition) is 5. The molecule has 0 saturated heterocycles. The maximum absolute atomic E-state index is 11.4. The van der Waals surface area contributed by atoms with Gasteiger partial charge in [0.15, 0.2) is 5.37 Å². The molecule has 9 heteroatoms. The maximum atomic E-state index is 11.4. The summed E-state index contributed by atoms with van der Waals surface area (Å²) >= 11 is 8.47. The van der Waals surface area contributed by atoms with Crippen LogP contribution in [0.3, 0.4) is 0 Å². The average Bonchev–Trinajstić information content (AvgIpc) is 2.23. The molecule has 0 aliphatic heterocycles. The number of unbranched alkanes of at least 4 members (excludes halogenated alkanes) is 1. The van der Waals surface area contributed by atoms with E-state index >= 15 is 0 Å². The Labute approximate surface area is 170 Å². The van der Waals surface area contributed by atoms with Gasteiger partial charge in [0, 0.05) is 11.7 Å². The number of hydrogen-bond donors (Lipinski definition) is 4. The molecule has 0 heterocycles. The summed E-state index contributed by atoms with van der Waals surface area (Å²) in [6, 6.07) is 0. The summed E-state index contributed by atoms with van der Waals surface area (Å²) in [5, 5.41) is 1.26. The Balaban J connectivity index is -0.00000144. The molecule has 2 N–H and O–H groups in total. The summed E-state index contributed by atoms with van der Waals surface area (Å²) in [6.45, 7) is 1.23. The molecule has 2 unspecified atom stereocenters. The van der Waals surface area contributed by atoms with Gasteiger partial charge in [-0.25, -0.2) is 0 Å². The molecule has 0 spiro atoms. The van der Waals surface area contributed by atoms with E-state index in [1.807, 2.05) is 0 Å². The summed E-state index contributed by atoms with van der Waals surface area (Å²) in [5.74, 6) is 0.422. The molecule has 0 aromatic rings. The molecule has 0 fully saturated rings. The van der Waals surface area contributed by atoms with E-state index in [-0.39, 0.29) is 65.1 Å². The van der Waals surface area contributed by atoms with Crippen LogP contribution in [0.1, 0.15) is 40.5 Å². The number of carbonyl (C=O) groups excluding carboxylic acids is 1. The van der Waals surface area contributed by atoms with Crippen molar-refractivity contribution in [2.24, 2.45) is 0 Å². The number of carbonyl (C=O) groups is 1. The van der Waals surface area contributed by atoms with E-state index in [1.54, 1.807) is 0 Å². The van der Waals surface area contributed by atoms with Gasteiger partial charge in [0.2, 0.25) is 5.91 Å². The fourth-order valence-corrected chi connectivity index (χ4v) is 2.44. The topological polar surface area (TPSA) is 83.5 Å². The number of nitrogens with one attached hydrogen (secondary N) is 1. The van der Waals surface area contributed by atoms with Crippen LogP contribution in [0.4, 0.5) is 0 Å². The SMILES string of the molecule is CC(NC(=O)CCCCC(S)CCS)S(=O)(=O)O.[H-].[K+]. The average molecular weight is 356 g/mol. The predicted molar refractivity (Wildman–Crippen MR) is 80.0 cm³/mol. The Hall–Kier alpha value is 1.72. The minimum Gasteiger partial charge on any atom is -1.00 e. The Morgan fingerprint density at radius 2 is 1.95 bits per heavy atom. The van der Waals surface area contributed by atoms with E-state index in [1.165, 1.54) is 6.92 Å². The van der Waals surface area contributed by atoms with Crippen LogP contribution in [0, 0.1) is 0 Å². The zero-order valence-corrected chi connectivity index (χ0v) is 17.1. The Bertz CT molecular complexity index is 356. The molecule has 19 heavy (non-hydrogen) atoms. The maximum Gasteiger partial charge on any atom is 1.00 e. The summed E-state index contributed by atoms with van der Waals surface area (Å²) in [5.41, 5.74) is 0. The van der Waals surface area contributed by atoms with Crippen LogP contribution in [0.5, 0.6) is 0 Å². The first kappa shape index (κ1) is 23.0.